The molecule has 0 bridgehead atoms. The molecule has 0 amide bonds. The van der Waals surface area contributed by atoms with Gasteiger partial charge in [0.25, 0.3) is 0 Å². The second-order valence-corrected chi connectivity index (χ2v) is 9.86. The summed E-state index contributed by atoms with van der Waals surface area (Å²) in [5.74, 6) is 0. The van der Waals surface area contributed by atoms with Crippen molar-refractivity contribution >= 4 is 39.9 Å². The summed E-state index contributed by atoms with van der Waals surface area (Å²) in [7, 11) is 2.06. The molecule has 0 fully saturated rings. The summed E-state index contributed by atoms with van der Waals surface area (Å²) in [6, 6.07) is 19.0. The highest BCUT2D eigenvalue weighted by Gasteiger charge is 2.13. The number of thiocarbonyl (C=S) groups is 1. The number of allylic oxidation sites excluding steroid dienone is 4. The van der Waals surface area contributed by atoms with E-state index in [1.807, 2.05) is 18.2 Å². The first-order valence-corrected chi connectivity index (χ1v) is 12.4. The van der Waals surface area contributed by atoms with Crippen LogP contribution in [-0.2, 0) is 6.54 Å². The molecule has 1 atom stereocenters. The van der Waals surface area contributed by atoms with Gasteiger partial charge in [0.15, 0.2) is 0 Å². The Balaban J connectivity index is 2.01. The van der Waals surface area contributed by atoms with Crippen LogP contribution in [0.5, 0.6) is 0 Å². The minimum Gasteiger partial charge on any atom is -0.356 e. The minimum absolute atomic E-state index is 0.256. The van der Waals surface area contributed by atoms with Crippen molar-refractivity contribution in [3.63, 3.8) is 0 Å². The van der Waals surface area contributed by atoms with Crippen LogP contribution < -0.4 is 0 Å². The van der Waals surface area contributed by atoms with Gasteiger partial charge in [-0.05, 0) is 42.0 Å². The van der Waals surface area contributed by atoms with E-state index in [-0.39, 0.29) is 5.25 Å². The van der Waals surface area contributed by atoms with Crippen molar-refractivity contribution in [3.05, 3.63) is 108 Å². The van der Waals surface area contributed by atoms with Crippen LogP contribution >= 0.6 is 24.0 Å². The molecular formula is C29H35NS2. The van der Waals surface area contributed by atoms with Crippen molar-refractivity contribution in [2.24, 2.45) is 0 Å². The molecule has 0 spiro atoms. The molecule has 2 rings (SSSR count). The zero-order chi connectivity index (χ0) is 23.3. The van der Waals surface area contributed by atoms with Gasteiger partial charge in [0.1, 0.15) is 4.32 Å². The predicted octanol–water partition coefficient (Wildman–Crippen LogP) is 8.55. The highest BCUT2D eigenvalue weighted by molar-refractivity contribution is 8.23. The fourth-order valence-electron chi connectivity index (χ4n) is 3.37. The summed E-state index contributed by atoms with van der Waals surface area (Å²) in [6.07, 6.45) is 11.5. The summed E-state index contributed by atoms with van der Waals surface area (Å²) in [5.41, 5.74) is 6.38. The fourth-order valence-corrected chi connectivity index (χ4v) is 4.75. The van der Waals surface area contributed by atoms with E-state index in [2.05, 4.69) is 99.6 Å². The van der Waals surface area contributed by atoms with Gasteiger partial charge in [0.2, 0.25) is 0 Å². The number of hydrogen-bond donors (Lipinski definition) is 0. The third-order valence-corrected chi connectivity index (χ3v) is 6.99. The smallest absolute Gasteiger partial charge is 0.137 e. The van der Waals surface area contributed by atoms with Gasteiger partial charge in [-0.15, -0.1) is 6.58 Å². The molecule has 0 heterocycles. The average Bonchev–Trinajstić information content (AvgIpc) is 2.81. The summed E-state index contributed by atoms with van der Waals surface area (Å²) >= 11 is 7.41. The highest BCUT2D eigenvalue weighted by Crippen LogP contribution is 2.25. The molecule has 1 nitrogen and oxygen atoms in total. The SMILES string of the molecule is C=Cc1ccc(/C(=C/C=C(\C)CC(C=C)SC(=S)N(C)Cc2ccccc2)CCC)cc1. The van der Waals surface area contributed by atoms with Gasteiger partial charge < -0.3 is 4.90 Å². The molecule has 2 aromatic carbocycles. The lowest BCUT2D eigenvalue weighted by Crippen LogP contribution is -2.23. The van der Waals surface area contributed by atoms with Gasteiger partial charge in [0, 0.05) is 18.8 Å². The van der Waals surface area contributed by atoms with Crippen LogP contribution in [0.2, 0.25) is 0 Å². The Morgan fingerprint density at radius 3 is 2.34 bits per heavy atom. The van der Waals surface area contributed by atoms with E-state index in [0.29, 0.717) is 0 Å². The number of benzene rings is 2. The van der Waals surface area contributed by atoms with Gasteiger partial charge in [-0.3, -0.25) is 0 Å². The van der Waals surface area contributed by atoms with Crippen molar-refractivity contribution in [1.29, 1.82) is 0 Å². The predicted molar refractivity (Wildman–Crippen MR) is 150 cm³/mol. The lowest BCUT2D eigenvalue weighted by Gasteiger charge is -2.22. The van der Waals surface area contributed by atoms with Gasteiger partial charge in [-0.1, -0.05) is 128 Å². The Labute approximate surface area is 204 Å². The quantitative estimate of drug-likeness (QED) is 0.187. The number of thioether (sulfide) groups is 1. The Morgan fingerprint density at radius 1 is 1.06 bits per heavy atom. The van der Waals surface area contributed by atoms with E-state index in [9.17, 15) is 0 Å². The summed E-state index contributed by atoms with van der Waals surface area (Å²) in [6.45, 7) is 13.1. The lowest BCUT2D eigenvalue weighted by molar-refractivity contribution is 0.519. The van der Waals surface area contributed by atoms with Gasteiger partial charge in [-0.25, -0.2) is 0 Å². The minimum atomic E-state index is 0.256. The number of hydrogen-bond acceptors (Lipinski definition) is 2. The lowest BCUT2D eigenvalue weighted by atomic mass is 9.99. The van der Waals surface area contributed by atoms with Gasteiger partial charge in [-0.2, -0.15) is 0 Å². The molecule has 32 heavy (non-hydrogen) atoms. The van der Waals surface area contributed by atoms with Crippen molar-refractivity contribution in [1.82, 2.24) is 4.90 Å². The summed E-state index contributed by atoms with van der Waals surface area (Å²) in [4.78, 5) is 2.14. The third kappa shape index (κ3) is 8.64. The largest absolute Gasteiger partial charge is 0.356 e. The molecule has 0 saturated heterocycles. The molecular weight excluding hydrogens is 426 g/mol. The van der Waals surface area contributed by atoms with E-state index in [1.54, 1.807) is 11.8 Å². The van der Waals surface area contributed by atoms with Crippen LogP contribution in [-0.4, -0.2) is 21.5 Å². The van der Waals surface area contributed by atoms with Crippen LogP contribution in [0.15, 0.2) is 91.6 Å². The molecule has 0 aliphatic heterocycles. The van der Waals surface area contributed by atoms with E-state index in [4.69, 9.17) is 12.2 Å². The molecule has 0 radical (unpaired) electrons. The summed E-state index contributed by atoms with van der Waals surface area (Å²) < 4.78 is 0.899. The summed E-state index contributed by atoms with van der Waals surface area (Å²) in [5, 5.41) is 0.256. The molecule has 0 N–H and O–H groups in total. The van der Waals surface area contributed by atoms with E-state index >= 15 is 0 Å². The number of nitrogens with zero attached hydrogens (tertiary/aromatic N) is 1. The third-order valence-electron chi connectivity index (χ3n) is 5.22. The molecule has 0 saturated carbocycles. The fraction of sp³-hybridized carbons (Fsp3) is 0.276. The van der Waals surface area contributed by atoms with Crippen LogP contribution in [0.1, 0.15) is 49.8 Å². The molecule has 0 aliphatic rings. The molecule has 0 aromatic heterocycles. The second kappa shape index (κ2) is 13.9. The first kappa shape index (κ1) is 25.9. The van der Waals surface area contributed by atoms with Crippen LogP contribution in [0, 0.1) is 0 Å². The maximum Gasteiger partial charge on any atom is 0.137 e. The Morgan fingerprint density at radius 2 is 1.75 bits per heavy atom. The monoisotopic (exact) mass is 461 g/mol. The molecule has 168 valence electrons. The van der Waals surface area contributed by atoms with Crippen LogP contribution in [0.3, 0.4) is 0 Å². The van der Waals surface area contributed by atoms with Crippen LogP contribution in [0.25, 0.3) is 11.6 Å². The van der Waals surface area contributed by atoms with Crippen molar-refractivity contribution < 1.29 is 0 Å². The molecule has 0 aliphatic carbocycles. The topological polar surface area (TPSA) is 3.24 Å². The maximum atomic E-state index is 5.70. The highest BCUT2D eigenvalue weighted by atomic mass is 32.2. The maximum absolute atomic E-state index is 5.70. The normalized spacial score (nSPS) is 12.8. The number of rotatable bonds is 11. The molecule has 2 aromatic rings. The molecule has 1 unspecified atom stereocenters. The standard InChI is InChI=1S/C29H35NS2/c1-6-12-26(27-19-16-24(7-2)17-20-27)18-15-23(4)21-28(8-3)32-29(31)30(5)22-25-13-10-9-11-14-25/h7-11,13-20,28H,2-3,6,12,21-22H2,1,4-5H3/b23-15+,26-18+. The van der Waals surface area contributed by atoms with E-state index in [1.165, 1.54) is 22.3 Å². The Hall–Kier alpha value is -2.36. The zero-order valence-electron chi connectivity index (χ0n) is 19.6. The first-order chi connectivity index (χ1) is 15.5. The van der Waals surface area contributed by atoms with Gasteiger partial charge in [0.05, 0.1) is 0 Å². The van der Waals surface area contributed by atoms with Crippen molar-refractivity contribution in [2.75, 3.05) is 7.05 Å². The zero-order valence-corrected chi connectivity index (χ0v) is 21.2. The van der Waals surface area contributed by atoms with Gasteiger partial charge >= 0.3 is 0 Å². The first-order valence-electron chi connectivity index (χ1n) is 11.1. The van der Waals surface area contributed by atoms with E-state index in [0.717, 1.165) is 35.7 Å². The molecule has 3 heteroatoms. The van der Waals surface area contributed by atoms with Crippen LogP contribution in [0.4, 0.5) is 0 Å². The Kier molecular flexibility index (Phi) is 11.3. The average molecular weight is 462 g/mol. The van der Waals surface area contributed by atoms with Crippen molar-refractivity contribution in [2.45, 2.75) is 44.9 Å². The van der Waals surface area contributed by atoms with E-state index < -0.39 is 0 Å². The Bertz CT molecular complexity index is 939. The van der Waals surface area contributed by atoms with Crippen molar-refractivity contribution in [3.8, 4) is 0 Å². The second-order valence-electron chi connectivity index (χ2n) is 7.98.